The quantitative estimate of drug-likeness (QED) is 0.665. The molecule has 2 N–H and O–H groups in total. The molecule has 170 valence electrons. The molecule has 2 amide bonds. The second kappa shape index (κ2) is 9.50. The Bertz CT molecular complexity index is 1010. The fourth-order valence-corrected chi connectivity index (χ4v) is 4.49. The number of ketones is 1. The summed E-state index contributed by atoms with van der Waals surface area (Å²) in [6.45, 7) is 2.47. The van der Waals surface area contributed by atoms with Gasteiger partial charge in [0.1, 0.15) is 11.6 Å². The van der Waals surface area contributed by atoms with Crippen molar-refractivity contribution in [3.8, 4) is 5.69 Å². The van der Waals surface area contributed by atoms with Gasteiger partial charge < -0.3 is 15.5 Å². The number of halogens is 1. The number of Topliss-reactive ketones (excluding diaryl/α,β-unsaturated/α-hetero) is 1. The minimum Gasteiger partial charge on any atom is -0.383 e. The first-order valence-corrected chi connectivity index (χ1v) is 11.1. The average molecular weight is 442 g/mol. The van der Waals surface area contributed by atoms with Gasteiger partial charge in [-0.3, -0.25) is 14.4 Å². The molecular weight excluding hydrogens is 413 g/mol. The smallest absolute Gasteiger partial charge is 0.222 e. The van der Waals surface area contributed by atoms with Crippen molar-refractivity contribution >= 4 is 23.4 Å². The minimum absolute atomic E-state index is 0.0704. The first-order chi connectivity index (χ1) is 15.4. The third kappa shape index (κ3) is 4.66. The van der Waals surface area contributed by atoms with Crippen molar-refractivity contribution in [2.45, 2.75) is 38.5 Å². The SMILES string of the molecule is Nc1c(C(=O)C2CCN(C(=O)CCCN3CCCC3=O)CC2)cnn1-c1cccc(F)c1. The first kappa shape index (κ1) is 22.0. The highest BCUT2D eigenvalue weighted by molar-refractivity contribution is 6.01. The lowest BCUT2D eigenvalue weighted by Gasteiger charge is -2.31. The molecule has 0 saturated carbocycles. The molecule has 0 unspecified atom stereocenters. The summed E-state index contributed by atoms with van der Waals surface area (Å²) in [4.78, 5) is 40.8. The number of carbonyl (C=O) groups is 3. The van der Waals surface area contributed by atoms with Gasteiger partial charge in [-0.1, -0.05) is 6.07 Å². The lowest BCUT2D eigenvalue weighted by molar-refractivity contribution is -0.133. The predicted molar refractivity (Wildman–Crippen MR) is 117 cm³/mol. The Balaban J connectivity index is 1.29. The van der Waals surface area contributed by atoms with Crippen LogP contribution in [0, 0.1) is 11.7 Å². The first-order valence-electron chi connectivity index (χ1n) is 11.1. The van der Waals surface area contributed by atoms with Crippen LogP contribution in [-0.2, 0) is 9.59 Å². The Morgan fingerprint density at radius 1 is 1.19 bits per heavy atom. The zero-order chi connectivity index (χ0) is 22.7. The van der Waals surface area contributed by atoms with Gasteiger partial charge in [-0.2, -0.15) is 5.10 Å². The minimum atomic E-state index is -0.408. The molecule has 32 heavy (non-hydrogen) atoms. The van der Waals surface area contributed by atoms with Gasteiger partial charge in [-0.25, -0.2) is 9.07 Å². The molecular formula is C23H28FN5O3. The van der Waals surface area contributed by atoms with Crippen LogP contribution in [0.5, 0.6) is 0 Å². The topological polar surface area (TPSA) is 102 Å². The van der Waals surface area contributed by atoms with Crippen LogP contribution in [0.15, 0.2) is 30.5 Å². The van der Waals surface area contributed by atoms with E-state index in [0.29, 0.717) is 63.0 Å². The van der Waals surface area contributed by atoms with Crippen LogP contribution in [-0.4, -0.2) is 63.4 Å². The number of aromatic nitrogens is 2. The average Bonchev–Trinajstić information content (AvgIpc) is 3.38. The number of benzene rings is 1. The molecule has 2 fully saturated rings. The van der Waals surface area contributed by atoms with Crippen LogP contribution >= 0.6 is 0 Å². The third-order valence-corrected chi connectivity index (χ3v) is 6.33. The zero-order valence-electron chi connectivity index (χ0n) is 18.0. The van der Waals surface area contributed by atoms with Crippen molar-refractivity contribution < 1.29 is 18.8 Å². The maximum atomic E-state index is 13.5. The standard InChI is InChI=1S/C23H28FN5O3/c24-17-4-1-5-18(14-17)29-23(25)19(15-26-29)22(32)16-8-12-28(13-9-16)21(31)7-3-11-27-10-2-6-20(27)30/h1,4-5,14-16H,2-3,6-13,25H2. The van der Waals surface area contributed by atoms with E-state index in [-0.39, 0.29) is 29.3 Å². The van der Waals surface area contributed by atoms with Crippen LogP contribution in [0.25, 0.3) is 5.69 Å². The van der Waals surface area contributed by atoms with E-state index in [1.165, 1.54) is 23.0 Å². The van der Waals surface area contributed by atoms with Crippen molar-refractivity contribution in [3.63, 3.8) is 0 Å². The van der Waals surface area contributed by atoms with E-state index in [1.54, 1.807) is 17.0 Å². The number of hydrogen-bond donors (Lipinski definition) is 1. The Morgan fingerprint density at radius 2 is 1.97 bits per heavy atom. The van der Waals surface area contributed by atoms with E-state index >= 15 is 0 Å². The summed E-state index contributed by atoms with van der Waals surface area (Å²) in [5.74, 6) is -0.291. The second-order valence-electron chi connectivity index (χ2n) is 8.44. The molecule has 1 aromatic heterocycles. The number of anilines is 1. The number of likely N-dealkylation sites (tertiary alicyclic amines) is 2. The summed E-state index contributed by atoms with van der Waals surface area (Å²) in [5.41, 5.74) is 6.93. The summed E-state index contributed by atoms with van der Waals surface area (Å²) in [7, 11) is 0. The highest BCUT2D eigenvalue weighted by Crippen LogP contribution is 2.26. The second-order valence-corrected chi connectivity index (χ2v) is 8.44. The summed E-state index contributed by atoms with van der Waals surface area (Å²) in [5, 5.41) is 4.17. The van der Waals surface area contributed by atoms with Crippen molar-refractivity contribution in [2.24, 2.45) is 5.92 Å². The molecule has 0 radical (unpaired) electrons. The Morgan fingerprint density at radius 3 is 2.66 bits per heavy atom. The highest BCUT2D eigenvalue weighted by Gasteiger charge is 2.30. The van der Waals surface area contributed by atoms with Crippen molar-refractivity contribution in [3.05, 3.63) is 41.8 Å². The molecule has 3 heterocycles. The van der Waals surface area contributed by atoms with Gasteiger partial charge in [0.25, 0.3) is 0 Å². The number of amides is 2. The number of hydrogen-bond acceptors (Lipinski definition) is 5. The predicted octanol–water partition coefficient (Wildman–Crippen LogP) is 2.42. The molecule has 2 saturated heterocycles. The lowest BCUT2D eigenvalue weighted by Crippen LogP contribution is -2.40. The van der Waals surface area contributed by atoms with Crippen LogP contribution in [0.2, 0.25) is 0 Å². The van der Waals surface area contributed by atoms with Gasteiger partial charge in [-0.15, -0.1) is 0 Å². The van der Waals surface area contributed by atoms with E-state index < -0.39 is 5.82 Å². The maximum Gasteiger partial charge on any atom is 0.222 e. The molecule has 2 aliphatic heterocycles. The van der Waals surface area contributed by atoms with Crippen LogP contribution in [0.3, 0.4) is 0 Å². The van der Waals surface area contributed by atoms with E-state index in [0.717, 1.165) is 13.0 Å². The third-order valence-electron chi connectivity index (χ3n) is 6.33. The fraction of sp³-hybridized carbons (Fsp3) is 0.478. The molecule has 0 bridgehead atoms. The van der Waals surface area contributed by atoms with E-state index in [9.17, 15) is 18.8 Å². The Hall–Kier alpha value is -3.23. The van der Waals surface area contributed by atoms with E-state index in [2.05, 4.69) is 5.10 Å². The molecule has 1 aromatic carbocycles. The number of carbonyl (C=O) groups excluding carboxylic acids is 3. The molecule has 4 rings (SSSR count). The Labute approximate surface area is 186 Å². The number of nitrogens with two attached hydrogens (primary N) is 1. The van der Waals surface area contributed by atoms with E-state index in [1.807, 2.05) is 4.90 Å². The van der Waals surface area contributed by atoms with Gasteiger partial charge in [0.05, 0.1) is 17.4 Å². The molecule has 0 atom stereocenters. The lowest BCUT2D eigenvalue weighted by atomic mass is 9.89. The summed E-state index contributed by atoms with van der Waals surface area (Å²) in [6.07, 6.45) is 5.16. The van der Waals surface area contributed by atoms with Crippen LogP contribution in [0.1, 0.15) is 48.9 Å². The molecule has 2 aromatic rings. The molecule has 0 aliphatic carbocycles. The van der Waals surface area contributed by atoms with Gasteiger partial charge in [0, 0.05) is 44.9 Å². The highest BCUT2D eigenvalue weighted by atomic mass is 19.1. The molecule has 2 aliphatic rings. The summed E-state index contributed by atoms with van der Waals surface area (Å²) >= 11 is 0. The normalized spacial score (nSPS) is 17.2. The largest absolute Gasteiger partial charge is 0.383 e. The molecule has 9 heteroatoms. The van der Waals surface area contributed by atoms with Gasteiger partial charge in [0.15, 0.2) is 5.78 Å². The maximum absolute atomic E-state index is 13.5. The van der Waals surface area contributed by atoms with Gasteiger partial charge in [0.2, 0.25) is 11.8 Å². The van der Waals surface area contributed by atoms with Crippen molar-refractivity contribution in [1.82, 2.24) is 19.6 Å². The van der Waals surface area contributed by atoms with Crippen molar-refractivity contribution in [2.75, 3.05) is 31.9 Å². The number of nitrogens with zero attached hydrogens (tertiary/aromatic N) is 4. The zero-order valence-corrected chi connectivity index (χ0v) is 18.0. The number of piperidine rings is 1. The van der Waals surface area contributed by atoms with E-state index in [4.69, 9.17) is 5.73 Å². The van der Waals surface area contributed by atoms with Crippen molar-refractivity contribution in [1.29, 1.82) is 0 Å². The van der Waals surface area contributed by atoms with Crippen LogP contribution in [0.4, 0.5) is 10.2 Å². The molecule has 8 nitrogen and oxygen atoms in total. The van der Waals surface area contributed by atoms with Crippen LogP contribution < -0.4 is 5.73 Å². The monoisotopic (exact) mass is 441 g/mol. The summed E-state index contributed by atoms with van der Waals surface area (Å²) in [6, 6.07) is 5.87. The molecule has 0 spiro atoms. The fourth-order valence-electron chi connectivity index (χ4n) is 4.49. The Kier molecular flexibility index (Phi) is 6.53. The summed E-state index contributed by atoms with van der Waals surface area (Å²) < 4.78 is 14.9. The van der Waals surface area contributed by atoms with Gasteiger partial charge >= 0.3 is 0 Å². The number of rotatable bonds is 7. The number of nitrogen functional groups attached to an aromatic ring is 1. The van der Waals surface area contributed by atoms with Gasteiger partial charge in [-0.05, 0) is 43.9 Å².